The maximum Gasteiger partial charge on any atom is 0.105 e. The molecule has 0 atom stereocenters. The second kappa shape index (κ2) is 5.88. The average molecular weight is 277 g/mol. The predicted molar refractivity (Wildman–Crippen MR) is 81.6 cm³/mol. The van der Waals surface area contributed by atoms with Crippen LogP contribution in [0.3, 0.4) is 0 Å². The molecule has 2 aromatic heterocycles. The Kier molecular flexibility index (Phi) is 4.42. The van der Waals surface area contributed by atoms with Crippen molar-refractivity contribution in [2.45, 2.75) is 52.7 Å². The van der Waals surface area contributed by atoms with Gasteiger partial charge in [0, 0.05) is 29.7 Å². The van der Waals surface area contributed by atoms with Crippen LogP contribution in [0.2, 0.25) is 0 Å². The van der Waals surface area contributed by atoms with Gasteiger partial charge in [-0.05, 0) is 45.6 Å². The number of aromatic nitrogens is 2. The summed E-state index contributed by atoms with van der Waals surface area (Å²) >= 11 is 1.82. The summed E-state index contributed by atoms with van der Waals surface area (Å²) in [6, 6.07) is 4.31. The zero-order chi connectivity index (χ0) is 13.9. The second-order valence-electron chi connectivity index (χ2n) is 5.88. The molecule has 2 heterocycles. The average Bonchev–Trinajstić information content (AvgIpc) is 2.93. The molecule has 0 aliphatic rings. The minimum Gasteiger partial charge on any atom is -0.331 e. The molecule has 0 unspecified atom stereocenters. The van der Waals surface area contributed by atoms with Crippen molar-refractivity contribution in [1.82, 2.24) is 14.9 Å². The summed E-state index contributed by atoms with van der Waals surface area (Å²) in [4.78, 5) is 5.88. The molecule has 0 bridgehead atoms. The summed E-state index contributed by atoms with van der Waals surface area (Å²) in [5.41, 5.74) is 1.40. The molecule has 4 heteroatoms. The maximum atomic E-state index is 4.44. The van der Waals surface area contributed by atoms with Gasteiger partial charge in [-0.2, -0.15) is 0 Å². The van der Waals surface area contributed by atoms with Crippen molar-refractivity contribution in [3.05, 3.63) is 40.1 Å². The van der Waals surface area contributed by atoms with Gasteiger partial charge in [0.1, 0.15) is 5.82 Å². The predicted octanol–water partition coefficient (Wildman–Crippen LogP) is 3.38. The first-order valence-electron chi connectivity index (χ1n) is 6.74. The highest BCUT2D eigenvalue weighted by Crippen LogP contribution is 2.13. The number of nitrogens with zero attached hydrogens (tertiary/aromatic N) is 2. The van der Waals surface area contributed by atoms with Gasteiger partial charge in [-0.3, -0.25) is 0 Å². The molecule has 2 aromatic rings. The molecule has 104 valence electrons. The molecule has 19 heavy (non-hydrogen) atoms. The monoisotopic (exact) mass is 277 g/mol. The minimum atomic E-state index is 0.136. The van der Waals surface area contributed by atoms with Crippen LogP contribution in [0, 0.1) is 6.92 Å². The van der Waals surface area contributed by atoms with Crippen LogP contribution in [0.1, 0.15) is 37.2 Å². The number of aryl methyl sites for hydroxylation is 2. The smallest absolute Gasteiger partial charge is 0.105 e. The Morgan fingerprint density at radius 3 is 2.79 bits per heavy atom. The minimum absolute atomic E-state index is 0.136. The Balaban J connectivity index is 2.01. The van der Waals surface area contributed by atoms with Gasteiger partial charge >= 0.3 is 0 Å². The van der Waals surface area contributed by atoms with Crippen LogP contribution in [0.15, 0.2) is 23.7 Å². The molecule has 0 aliphatic heterocycles. The summed E-state index contributed by atoms with van der Waals surface area (Å²) in [7, 11) is 0. The highest BCUT2D eigenvalue weighted by molar-refractivity contribution is 7.09. The van der Waals surface area contributed by atoms with Crippen LogP contribution in [0.25, 0.3) is 0 Å². The number of hydrogen-bond acceptors (Lipinski definition) is 3. The highest BCUT2D eigenvalue weighted by atomic mass is 32.1. The van der Waals surface area contributed by atoms with Crippen molar-refractivity contribution in [1.29, 1.82) is 0 Å². The Bertz CT molecular complexity index is 506. The lowest BCUT2D eigenvalue weighted by molar-refractivity contribution is 0.415. The summed E-state index contributed by atoms with van der Waals surface area (Å²) in [6.45, 7) is 10.5. The number of thiophene rings is 1. The van der Waals surface area contributed by atoms with Crippen LogP contribution in [0.4, 0.5) is 0 Å². The normalized spacial score (nSPS) is 12.0. The Morgan fingerprint density at radius 2 is 2.16 bits per heavy atom. The number of hydrogen-bond donors (Lipinski definition) is 1. The molecular weight excluding hydrogens is 254 g/mol. The van der Waals surface area contributed by atoms with E-state index in [1.54, 1.807) is 0 Å². The summed E-state index contributed by atoms with van der Waals surface area (Å²) in [5, 5.41) is 5.66. The number of rotatable bonds is 5. The Hall–Kier alpha value is -1.13. The molecule has 1 N–H and O–H groups in total. The van der Waals surface area contributed by atoms with Crippen LogP contribution in [0.5, 0.6) is 0 Å². The third-order valence-corrected chi connectivity index (χ3v) is 4.04. The van der Waals surface area contributed by atoms with E-state index in [0.29, 0.717) is 0 Å². The van der Waals surface area contributed by atoms with Crippen LogP contribution in [-0.2, 0) is 19.5 Å². The highest BCUT2D eigenvalue weighted by Gasteiger charge is 2.12. The fourth-order valence-corrected chi connectivity index (χ4v) is 2.69. The van der Waals surface area contributed by atoms with E-state index in [1.807, 2.05) is 17.5 Å². The third-order valence-electron chi connectivity index (χ3n) is 3.10. The quantitative estimate of drug-likeness (QED) is 0.908. The van der Waals surface area contributed by atoms with Gasteiger partial charge in [0.05, 0.1) is 5.69 Å². The van der Waals surface area contributed by atoms with Gasteiger partial charge in [-0.15, -0.1) is 11.3 Å². The van der Waals surface area contributed by atoms with E-state index >= 15 is 0 Å². The van der Waals surface area contributed by atoms with Crippen molar-refractivity contribution >= 4 is 11.3 Å². The molecule has 0 fully saturated rings. The van der Waals surface area contributed by atoms with E-state index in [1.165, 1.54) is 10.6 Å². The van der Waals surface area contributed by atoms with Gasteiger partial charge in [0.25, 0.3) is 0 Å². The lowest BCUT2D eigenvalue weighted by Crippen LogP contribution is -2.35. The van der Waals surface area contributed by atoms with Crippen molar-refractivity contribution in [3.8, 4) is 0 Å². The van der Waals surface area contributed by atoms with E-state index < -0.39 is 0 Å². The first-order valence-corrected chi connectivity index (χ1v) is 7.62. The fourth-order valence-electron chi connectivity index (χ4n) is 1.99. The second-order valence-corrected chi connectivity index (χ2v) is 6.91. The molecule has 2 rings (SSSR count). The van der Waals surface area contributed by atoms with E-state index in [4.69, 9.17) is 0 Å². The zero-order valence-corrected chi connectivity index (χ0v) is 13.0. The largest absolute Gasteiger partial charge is 0.331 e. The molecule has 3 nitrogen and oxygen atoms in total. The Morgan fingerprint density at radius 1 is 1.37 bits per heavy atom. The van der Waals surface area contributed by atoms with Gasteiger partial charge in [-0.25, -0.2) is 4.98 Å². The van der Waals surface area contributed by atoms with Crippen LogP contribution < -0.4 is 5.32 Å². The number of nitrogens with one attached hydrogen (secondary N) is 1. The van der Waals surface area contributed by atoms with E-state index in [2.05, 4.69) is 60.1 Å². The molecule has 0 saturated carbocycles. The molecule has 0 saturated heterocycles. The summed E-state index contributed by atoms with van der Waals surface area (Å²) < 4.78 is 2.32. The SMILES string of the molecule is Cc1ncc(CNC(C)(C)C)n1CCc1cccs1. The summed E-state index contributed by atoms with van der Waals surface area (Å²) in [6.07, 6.45) is 3.07. The topological polar surface area (TPSA) is 29.9 Å². The molecule has 0 radical (unpaired) electrons. The standard InChI is InChI=1S/C15H23N3S/c1-12-16-10-13(11-17-15(2,3)4)18(12)8-7-14-6-5-9-19-14/h5-6,9-10,17H,7-8,11H2,1-4H3. The zero-order valence-electron chi connectivity index (χ0n) is 12.2. The maximum absolute atomic E-state index is 4.44. The van der Waals surface area contributed by atoms with Crippen LogP contribution in [-0.4, -0.2) is 15.1 Å². The van der Waals surface area contributed by atoms with Crippen molar-refractivity contribution in [3.63, 3.8) is 0 Å². The van der Waals surface area contributed by atoms with E-state index in [9.17, 15) is 0 Å². The Labute approximate surface area is 119 Å². The van der Waals surface area contributed by atoms with Crippen molar-refractivity contribution < 1.29 is 0 Å². The lowest BCUT2D eigenvalue weighted by Gasteiger charge is -2.21. The van der Waals surface area contributed by atoms with Gasteiger partial charge in [0.2, 0.25) is 0 Å². The van der Waals surface area contributed by atoms with Gasteiger partial charge < -0.3 is 9.88 Å². The third kappa shape index (κ3) is 4.18. The molecule has 0 amide bonds. The first-order chi connectivity index (χ1) is 8.96. The molecular formula is C15H23N3S. The van der Waals surface area contributed by atoms with E-state index in [0.717, 1.165) is 25.3 Å². The first kappa shape index (κ1) is 14.3. The molecule has 0 spiro atoms. The number of imidazole rings is 1. The van der Waals surface area contributed by atoms with Gasteiger partial charge in [-0.1, -0.05) is 6.07 Å². The fraction of sp³-hybridized carbons (Fsp3) is 0.533. The summed E-state index contributed by atoms with van der Waals surface area (Å²) in [5.74, 6) is 1.10. The molecule has 0 aromatic carbocycles. The van der Waals surface area contributed by atoms with Crippen molar-refractivity contribution in [2.24, 2.45) is 0 Å². The van der Waals surface area contributed by atoms with Gasteiger partial charge in [0.15, 0.2) is 0 Å². The van der Waals surface area contributed by atoms with Crippen molar-refractivity contribution in [2.75, 3.05) is 0 Å². The van der Waals surface area contributed by atoms with E-state index in [-0.39, 0.29) is 5.54 Å². The van der Waals surface area contributed by atoms with Crippen LogP contribution >= 0.6 is 11.3 Å². The lowest BCUT2D eigenvalue weighted by atomic mass is 10.1. The molecule has 0 aliphatic carbocycles.